The van der Waals surface area contributed by atoms with Crippen molar-refractivity contribution in [2.24, 2.45) is 0 Å². The largest absolute Gasteiger partial charge is 0.378 e. The molecule has 0 saturated carbocycles. The maximum atomic E-state index is 6.10. The van der Waals surface area contributed by atoms with Gasteiger partial charge in [0, 0.05) is 24.4 Å². The fourth-order valence-electron chi connectivity index (χ4n) is 1.49. The summed E-state index contributed by atoms with van der Waals surface area (Å²) in [6, 6.07) is 0. The van der Waals surface area contributed by atoms with Crippen LogP contribution in [-0.2, 0) is 11.3 Å². The smallest absolute Gasteiger partial charge is 0.147 e. The minimum Gasteiger partial charge on any atom is -0.378 e. The number of methoxy groups -OCH3 is 1. The van der Waals surface area contributed by atoms with Crippen molar-refractivity contribution in [3.05, 3.63) is 21.1 Å². The van der Waals surface area contributed by atoms with Gasteiger partial charge in [-0.15, -0.1) is 11.8 Å². The lowest BCUT2D eigenvalue weighted by atomic mass is 10.3. The maximum absolute atomic E-state index is 6.10. The molecule has 2 rings (SSSR count). The Kier molecular flexibility index (Phi) is 5.42. The first-order valence-electron chi connectivity index (χ1n) is 5.12. The molecule has 1 saturated heterocycles. The monoisotopic (exact) mass is 354 g/mol. The summed E-state index contributed by atoms with van der Waals surface area (Å²) >= 11 is 13.3. The maximum Gasteiger partial charge on any atom is 0.147 e. The molecule has 1 unspecified atom stereocenters. The molecule has 1 aliphatic rings. The molecule has 1 aromatic heterocycles. The molecule has 0 amide bonds. The molecule has 94 valence electrons. The van der Waals surface area contributed by atoms with Gasteiger partial charge in [0.15, 0.2) is 0 Å². The van der Waals surface area contributed by atoms with E-state index in [0.29, 0.717) is 17.0 Å². The van der Waals surface area contributed by atoms with Crippen LogP contribution in [-0.4, -0.2) is 34.3 Å². The summed E-state index contributed by atoms with van der Waals surface area (Å²) in [4.78, 5) is 8.90. The van der Waals surface area contributed by atoms with Gasteiger partial charge in [-0.25, -0.2) is 9.97 Å². The van der Waals surface area contributed by atoms with E-state index in [2.05, 4.69) is 25.9 Å². The third-order valence-electron chi connectivity index (χ3n) is 2.28. The SMILES string of the molecule is COCc1nc(C2CSCCS2)nc(Cl)c1Br. The quantitative estimate of drug-likeness (QED) is 0.775. The van der Waals surface area contributed by atoms with Crippen molar-refractivity contribution >= 4 is 51.1 Å². The molecule has 2 heterocycles. The van der Waals surface area contributed by atoms with Crippen LogP contribution in [0.1, 0.15) is 16.8 Å². The number of rotatable bonds is 3. The van der Waals surface area contributed by atoms with Crippen LogP contribution >= 0.6 is 51.1 Å². The van der Waals surface area contributed by atoms with E-state index in [0.717, 1.165) is 27.5 Å². The van der Waals surface area contributed by atoms with Crippen molar-refractivity contribution < 1.29 is 4.74 Å². The number of nitrogens with zero attached hydrogens (tertiary/aromatic N) is 2. The average molecular weight is 356 g/mol. The van der Waals surface area contributed by atoms with Crippen molar-refractivity contribution in [3.8, 4) is 0 Å². The van der Waals surface area contributed by atoms with Gasteiger partial charge in [-0.3, -0.25) is 0 Å². The van der Waals surface area contributed by atoms with Gasteiger partial charge in [-0.05, 0) is 15.9 Å². The molecule has 0 aliphatic carbocycles. The van der Waals surface area contributed by atoms with Crippen molar-refractivity contribution in [1.29, 1.82) is 0 Å². The van der Waals surface area contributed by atoms with Gasteiger partial charge in [0.1, 0.15) is 11.0 Å². The molecule has 0 spiro atoms. The Morgan fingerprint density at radius 1 is 1.47 bits per heavy atom. The highest BCUT2D eigenvalue weighted by Crippen LogP contribution is 2.36. The summed E-state index contributed by atoms with van der Waals surface area (Å²) in [5.41, 5.74) is 0.818. The molecule has 3 nitrogen and oxygen atoms in total. The normalized spacial score (nSPS) is 20.5. The minimum atomic E-state index is 0.343. The van der Waals surface area contributed by atoms with Crippen LogP contribution in [0.15, 0.2) is 4.47 Å². The summed E-state index contributed by atoms with van der Waals surface area (Å²) in [6.45, 7) is 0.445. The highest BCUT2D eigenvalue weighted by atomic mass is 79.9. The van der Waals surface area contributed by atoms with E-state index in [9.17, 15) is 0 Å². The lowest BCUT2D eigenvalue weighted by molar-refractivity contribution is 0.180. The Labute approximate surface area is 123 Å². The molecule has 0 radical (unpaired) electrons. The zero-order chi connectivity index (χ0) is 12.3. The van der Waals surface area contributed by atoms with Crippen LogP contribution in [0.3, 0.4) is 0 Å². The predicted molar refractivity (Wildman–Crippen MR) is 78.0 cm³/mol. The lowest BCUT2D eigenvalue weighted by Crippen LogP contribution is -2.12. The zero-order valence-electron chi connectivity index (χ0n) is 9.28. The fraction of sp³-hybridized carbons (Fsp3) is 0.600. The Hall–Kier alpha value is 0.510. The van der Waals surface area contributed by atoms with Crippen molar-refractivity contribution in [3.63, 3.8) is 0 Å². The highest BCUT2D eigenvalue weighted by Gasteiger charge is 2.21. The van der Waals surface area contributed by atoms with E-state index in [1.165, 1.54) is 5.75 Å². The third-order valence-corrected chi connectivity index (χ3v) is 6.37. The van der Waals surface area contributed by atoms with Crippen molar-refractivity contribution in [2.75, 3.05) is 24.4 Å². The Balaban J connectivity index is 2.27. The van der Waals surface area contributed by atoms with Gasteiger partial charge >= 0.3 is 0 Å². The van der Waals surface area contributed by atoms with E-state index in [1.54, 1.807) is 7.11 Å². The van der Waals surface area contributed by atoms with Gasteiger partial charge in [0.05, 0.1) is 22.0 Å². The number of thioether (sulfide) groups is 2. The summed E-state index contributed by atoms with van der Waals surface area (Å²) in [5, 5.41) is 0.813. The molecule has 0 aromatic carbocycles. The molecule has 1 fully saturated rings. The Morgan fingerprint density at radius 3 is 2.94 bits per heavy atom. The number of halogens is 2. The van der Waals surface area contributed by atoms with Gasteiger partial charge in [-0.2, -0.15) is 11.8 Å². The molecule has 7 heteroatoms. The molecule has 0 bridgehead atoms. The summed E-state index contributed by atoms with van der Waals surface area (Å²) in [7, 11) is 1.65. The predicted octanol–water partition coefficient (Wildman–Crippen LogP) is 3.56. The number of aromatic nitrogens is 2. The first kappa shape index (κ1) is 13.9. The van der Waals surface area contributed by atoms with E-state index >= 15 is 0 Å². The molecule has 1 aromatic rings. The first-order chi connectivity index (χ1) is 8.22. The lowest BCUT2D eigenvalue weighted by Gasteiger charge is -2.20. The van der Waals surface area contributed by atoms with Gasteiger partial charge in [0.2, 0.25) is 0 Å². The number of hydrogen-bond acceptors (Lipinski definition) is 5. The Bertz CT molecular complexity index is 402. The van der Waals surface area contributed by atoms with Gasteiger partial charge in [0.25, 0.3) is 0 Å². The van der Waals surface area contributed by atoms with E-state index in [-0.39, 0.29) is 0 Å². The van der Waals surface area contributed by atoms with Gasteiger partial charge in [-0.1, -0.05) is 11.6 Å². The second kappa shape index (κ2) is 6.61. The Morgan fingerprint density at radius 2 is 2.29 bits per heavy atom. The van der Waals surface area contributed by atoms with Crippen LogP contribution in [0.5, 0.6) is 0 Å². The first-order valence-corrected chi connectivity index (χ1v) is 8.50. The second-order valence-corrected chi connectivity index (χ2v) is 7.11. The van der Waals surface area contributed by atoms with Crippen LogP contribution in [0, 0.1) is 0 Å². The van der Waals surface area contributed by atoms with Crippen molar-refractivity contribution in [1.82, 2.24) is 9.97 Å². The third kappa shape index (κ3) is 3.50. The molecule has 1 aliphatic heterocycles. The molecule has 0 N–H and O–H groups in total. The van der Waals surface area contributed by atoms with Crippen LogP contribution in [0.4, 0.5) is 0 Å². The van der Waals surface area contributed by atoms with Crippen molar-refractivity contribution in [2.45, 2.75) is 11.9 Å². The number of ether oxygens (including phenoxy) is 1. The standard InChI is InChI=1S/C10H12BrClN2OS2/c1-15-4-6-8(11)9(12)14-10(13-6)7-5-16-2-3-17-7/h7H,2-5H2,1H3. The van der Waals surface area contributed by atoms with Gasteiger partial charge < -0.3 is 4.74 Å². The average Bonchev–Trinajstić information content (AvgIpc) is 2.36. The summed E-state index contributed by atoms with van der Waals surface area (Å²) in [5.74, 6) is 4.22. The zero-order valence-corrected chi connectivity index (χ0v) is 13.3. The van der Waals surface area contributed by atoms with Crippen LogP contribution in [0.2, 0.25) is 5.15 Å². The highest BCUT2D eigenvalue weighted by molar-refractivity contribution is 9.10. The second-order valence-electron chi connectivity index (χ2n) is 3.50. The van der Waals surface area contributed by atoms with E-state index in [4.69, 9.17) is 16.3 Å². The van der Waals surface area contributed by atoms with E-state index in [1.807, 2.05) is 23.5 Å². The number of hydrogen-bond donors (Lipinski definition) is 0. The van der Waals surface area contributed by atoms with Crippen LogP contribution in [0.25, 0.3) is 0 Å². The molecule has 17 heavy (non-hydrogen) atoms. The van der Waals surface area contributed by atoms with E-state index < -0.39 is 0 Å². The fourth-order valence-corrected chi connectivity index (χ4v) is 4.58. The topological polar surface area (TPSA) is 35.0 Å². The molecular weight excluding hydrogens is 344 g/mol. The summed E-state index contributed by atoms with van der Waals surface area (Å²) in [6.07, 6.45) is 0. The minimum absolute atomic E-state index is 0.343. The molecular formula is C10H12BrClN2OS2. The van der Waals surface area contributed by atoms with Crippen LogP contribution < -0.4 is 0 Å². The molecule has 1 atom stereocenters. The summed E-state index contributed by atoms with van der Waals surface area (Å²) < 4.78 is 5.85.